The second-order valence-electron chi connectivity index (χ2n) is 6.11. The van der Waals surface area contributed by atoms with Gasteiger partial charge in [-0.05, 0) is 39.0 Å². The van der Waals surface area contributed by atoms with Gasteiger partial charge in [0.25, 0.3) is 0 Å². The van der Waals surface area contributed by atoms with Gasteiger partial charge in [0.2, 0.25) is 5.91 Å². The fraction of sp³-hybridized carbons (Fsp3) is 0.750. The van der Waals surface area contributed by atoms with E-state index < -0.39 is 0 Å². The Kier molecular flexibility index (Phi) is 5.10. The van der Waals surface area contributed by atoms with Gasteiger partial charge in [0.15, 0.2) is 0 Å². The molecule has 2 atom stereocenters. The predicted octanol–water partition coefficient (Wildman–Crippen LogP) is 2.48. The molecule has 0 bridgehead atoms. The smallest absolute Gasteiger partial charge is 0.248 e. The lowest BCUT2D eigenvalue weighted by Gasteiger charge is -2.30. The maximum absolute atomic E-state index is 12.4. The lowest BCUT2D eigenvalue weighted by Crippen LogP contribution is -2.35. The zero-order valence-electron chi connectivity index (χ0n) is 13.3. The first-order valence-corrected chi connectivity index (χ1v) is 8.88. The fourth-order valence-electron chi connectivity index (χ4n) is 3.22. The number of hydrogen-bond donors (Lipinski definition) is 0. The van der Waals surface area contributed by atoms with Crippen molar-refractivity contribution in [3.05, 3.63) is 15.6 Å². The lowest BCUT2D eigenvalue weighted by atomic mass is 9.97. The Morgan fingerprint density at radius 3 is 3.09 bits per heavy atom. The Balaban J connectivity index is 1.54. The van der Waals surface area contributed by atoms with Crippen LogP contribution in [0.2, 0.25) is 0 Å². The summed E-state index contributed by atoms with van der Waals surface area (Å²) in [6.45, 7) is 3.51. The van der Waals surface area contributed by atoms with Crippen LogP contribution in [0.3, 0.4) is 0 Å². The van der Waals surface area contributed by atoms with Gasteiger partial charge in [-0.1, -0.05) is 0 Å². The average molecular weight is 324 g/mol. The highest BCUT2D eigenvalue weighted by Crippen LogP contribution is 2.37. The van der Waals surface area contributed by atoms with E-state index >= 15 is 0 Å². The van der Waals surface area contributed by atoms with Crippen molar-refractivity contribution in [2.75, 3.05) is 26.9 Å². The number of amides is 1. The van der Waals surface area contributed by atoms with E-state index in [2.05, 4.69) is 4.98 Å². The van der Waals surface area contributed by atoms with Crippen LogP contribution < -0.4 is 0 Å². The van der Waals surface area contributed by atoms with Crippen molar-refractivity contribution in [1.29, 1.82) is 0 Å². The molecule has 0 radical (unpaired) electrons. The minimum Gasteiger partial charge on any atom is -0.376 e. The van der Waals surface area contributed by atoms with Gasteiger partial charge in [-0.15, -0.1) is 11.3 Å². The number of carbonyl (C=O) groups is 1. The largest absolute Gasteiger partial charge is 0.376 e. The maximum atomic E-state index is 12.4. The quantitative estimate of drug-likeness (QED) is 0.835. The first-order valence-electron chi connectivity index (χ1n) is 8.06. The molecule has 1 aliphatic heterocycles. The predicted molar refractivity (Wildman–Crippen MR) is 85.1 cm³/mol. The third kappa shape index (κ3) is 3.50. The second kappa shape index (κ2) is 7.06. The number of aromatic nitrogens is 1. The number of hydrogen-bond acceptors (Lipinski definition) is 5. The molecule has 5 nitrogen and oxygen atoms in total. The standard InChI is InChI=1S/C16H24N2O3S/c1-11-17-13-6-3-7-14(16(13)22-11)18(2)15(19)10-20-9-12-5-4-8-21-12/h12,14H,3-10H2,1-2H3. The van der Waals surface area contributed by atoms with Gasteiger partial charge >= 0.3 is 0 Å². The lowest BCUT2D eigenvalue weighted by molar-refractivity contribution is -0.138. The Labute approximate surface area is 135 Å². The molecule has 6 heteroatoms. The van der Waals surface area contributed by atoms with E-state index in [-0.39, 0.29) is 24.7 Å². The van der Waals surface area contributed by atoms with Gasteiger partial charge in [0.1, 0.15) is 6.61 Å². The number of rotatable bonds is 5. The summed E-state index contributed by atoms with van der Waals surface area (Å²) in [5.41, 5.74) is 1.18. The summed E-state index contributed by atoms with van der Waals surface area (Å²) in [5, 5.41) is 1.09. The highest BCUT2D eigenvalue weighted by molar-refractivity contribution is 7.11. The molecule has 1 saturated heterocycles. The average Bonchev–Trinajstić information content (AvgIpc) is 3.14. The number of nitrogens with zero attached hydrogens (tertiary/aromatic N) is 2. The van der Waals surface area contributed by atoms with Crippen molar-refractivity contribution in [2.45, 2.75) is 51.2 Å². The molecule has 2 heterocycles. The Morgan fingerprint density at radius 1 is 1.45 bits per heavy atom. The van der Waals surface area contributed by atoms with Gasteiger partial charge < -0.3 is 14.4 Å². The Hall–Kier alpha value is -0.980. The zero-order valence-corrected chi connectivity index (χ0v) is 14.2. The maximum Gasteiger partial charge on any atom is 0.248 e. The van der Waals surface area contributed by atoms with Gasteiger partial charge in [-0.2, -0.15) is 0 Å². The van der Waals surface area contributed by atoms with Crippen LogP contribution >= 0.6 is 11.3 Å². The molecule has 0 aromatic carbocycles. The summed E-state index contributed by atoms with van der Waals surface area (Å²) in [6.07, 6.45) is 5.45. The normalized spacial score (nSPS) is 24.3. The molecule has 1 aromatic heterocycles. The highest BCUT2D eigenvalue weighted by atomic mass is 32.1. The van der Waals surface area contributed by atoms with Crippen LogP contribution in [0.4, 0.5) is 0 Å². The number of aryl methyl sites for hydroxylation is 2. The SMILES string of the molecule is Cc1nc2c(s1)C(N(C)C(=O)COCC1CCCO1)CCC2. The molecule has 0 saturated carbocycles. The summed E-state index contributed by atoms with van der Waals surface area (Å²) in [4.78, 5) is 20.1. The van der Waals surface area contributed by atoms with E-state index in [1.807, 2.05) is 18.9 Å². The van der Waals surface area contributed by atoms with Gasteiger partial charge in [0.05, 0.1) is 34.3 Å². The molecular weight excluding hydrogens is 300 g/mol. The van der Waals surface area contributed by atoms with Crippen molar-refractivity contribution in [2.24, 2.45) is 0 Å². The molecule has 3 rings (SSSR count). The van der Waals surface area contributed by atoms with Gasteiger partial charge in [0, 0.05) is 13.7 Å². The molecular formula is C16H24N2O3S. The molecule has 1 amide bonds. The van der Waals surface area contributed by atoms with Crippen molar-refractivity contribution in [3.8, 4) is 0 Å². The summed E-state index contributed by atoms with van der Waals surface area (Å²) in [7, 11) is 1.88. The van der Waals surface area contributed by atoms with E-state index in [1.165, 1.54) is 10.6 Å². The molecule has 2 unspecified atom stereocenters. The summed E-state index contributed by atoms with van der Waals surface area (Å²) in [6, 6.07) is 0.161. The Morgan fingerprint density at radius 2 is 2.32 bits per heavy atom. The molecule has 1 aromatic rings. The van der Waals surface area contributed by atoms with Crippen LogP contribution in [0.1, 0.15) is 47.3 Å². The van der Waals surface area contributed by atoms with E-state index in [4.69, 9.17) is 9.47 Å². The minimum absolute atomic E-state index is 0.0434. The van der Waals surface area contributed by atoms with Crippen LogP contribution in [-0.4, -0.2) is 48.8 Å². The van der Waals surface area contributed by atoms with Crippen LogP contribution in [0.15, 0.2) is 0 Å². The van der Waals surface area contributed by atoms with Crippen molar-refractivity contribution >= 4 is 17.2 Å². The van der Waals surface area contributed by atoms with Crippen LogP contribution in [0, 0.1) is 6.92 Å². The minimum atomic E-state index is 0.0434. The Bertz CT molecular complexity index is 525. The second-order valence-corrected chi connectivity index (χ2v) is 7.34. The topological polar surface area (TPSA) is 51.7 Å². The van der Waals surface area contributed by atoms with Crippen LogP contribution in [0.25, 0.3) is 0 Å². The molecule has 1 fully saturated rings. The van der Waals surface area contributed by atoms with E-state index in [0.717, 1.165) is 43.7 Å². The monoisotopic (exact) mass is 324 g/mol. The number of carbonyl (C=O) groups excluding carboxylic acids is 1. The molecule has 2 aliphatic rings. The van der Waals surface area contributed by atoms with Crippen LogP contribution in [-0.2, 0) is 20.7 Å². The van der Waals surface area contributed by atoms with Gasteiger partial charge in [-0.25, -0.2) is 4.98 Å². The zero-order chi connectivity index (χ0) is 15.5. The third-order valence-electron chi connectivity index (χ3n) is 4.44. The van der Waals surface area contributed by atoms with Gasteiger partial charge in [-0.3, -0.25) is 4.79 Å². The highest BCUT2D eigenvalue weighted by Gasteiger charge is 2.29. The molecule has 0 N–H and O–H groups in total. The number of fused-ring (bicyclic) bond motifs is 1. The molecule has 22 heavy (non-hydrogen) atoms. The number of thiazole rings is 1. The summed E-state index contributed by atoms with van der Waals surface area (Å²) in [5.74, 6) is 0.0434. The van der Waals surface area contributed by atoms with E-state index in [1.54, 1.807) is 11.3 Å². The van der Waals surface area contributed by atoms with E-state index in [9.17, 15) is 4.79 Å². The first-order chi connectivity index (χ1) is 10.6. The number of likely N-dealkylation sites (N-methyl/N-ethyl adjacent to an activating group) is 1. The fourth-order valence-corrected chi connectivity index (χ4v) is 4.37. The molecule has 122 valence electrons. The van der Waals surface area contributed by atoms with E-state index in [0.29, 0.717) is 6.61 Å². The third-order valence-corrected chi connectivity index (χ3v) is 5.56. The molecule has 1 aliphatic carbocycles. The molecule has 0 spiro atoms. The summed E-state index contributed by atoms with van der Waals surface area (Å²) >= 11 is 1.72. The first kappa shape index (κ1) is 15.9. The van der Waals surface area contributed by atoms with Crippen molar-refractivity contribution in [3.63, 3.8) is 0 Å². The summed E-state index contributed by atoms with van der Waals surface area (Å²) < 4.78 is 11.1. The van der Waals surface area contributed by atoms with Crippen molar-refractivity contribution < 1.29 is 14.3 Å². The van der Waals surface area contributed by atoms with Crippen LogP contribution in [0.5, 0.6) is 0 Å². The van der Waals surface area contributed by atoms with Crippen molar-refractivity contribution in [1.82, 2.24) is 9.88 Å². The number of ether oxygens (including phenoxy) is 2.